The summed E-state index contributed by atoms with van der Waals surface area (Å²) in [4.78, 5) is 13.6. The fourth-order valence-electron chi connectivity index (χ4n) is 2.55. The molecule has 0 bridgehead atoms. The second-order valence-corrected chi connectivity index (χ2v) is 4.92. The fraction of sp³-hybridized carbons (Fsp3) is 0.533. The molecule has 1 fully saturated rings. The van der Waals surface area contributed by atoms with Gasteiger partial charge in [-0.05, 0) is 25.8 Å². The number of anilines is 1. The van der Waals surface area contributed by atoms with Crippen molar-refractivity contribution in [3.63, 3.8) is 0 Å². The molecular weight excluding hydrogens is 261 g/mol. The number of carbonyl (C=O) groups excluding carboxylic acids is 1. The van der Waals surface area contributed by atoms with Gasteiger partial charge in [-0.25, -0.2) is 4.39 Å². The molecule has 1 saturated heterocycles. The highest BCUT2D eigenvalue weighted by molar-refractivity contribution is 5.73. The Kier molecular flexibility index (Phi) is 4.95. The molecule has 1 heterocycles. The summed E-state index contributed by atoms with van der Waals surface area (Å²) in [7, 11) is 0. The van der Waals surface area contributed by atoms with E-state index in [9.17, 15) is 9.18 Å². The van der Waals surface area contributed by atoms with Gasteiger partial charge in [-0.3, -0.25) is 4.79 Å². The average Bonchev–Trinajstić information content (AvgIpc) is 2.48. The average molecular weight is 281 g/mol. The number of rotatable bonds is 4. The monoisotopic (exact) mass is 281 g/mol. The van der Waals surface area contributed by atoms with E-state index < -0.39 is 0 Å². The highest BCUT2D eigenvalue weighted by atomic mass is 19.1. The molecule has 1 N–H and O–H groups in total. The van der Waals surface area contributed by atoms with Crippen molar-refractivity contribution in [2.45, 2.75) is 26.4 Å². The van der Waals surface area contributed by atoms with Gasteiger partial charge in [-0.15, -0.1) is 0 Å². The Balaban J connectivity index is 2.02. The SMILES string of the molecule is CCOC(=O)C1CCN(c2cccc(CO)c2F)CC1. The van der Waals surface area contributed by atoms with Crippen molar-refractivity contribution in [3.05, 3.63) is 29.6 Å². The summed E-state index contributed by atoms with van der Waals surface area (Å²) in [5, 5.41) is 9.10. The van der Waals surface area contributed by atoms with E-state index in [1.54, 1.807) is 25.1 Å². The van der Waals surface area contributed by atoms with Crippen molar-refractivity contribution in [2.24, 2.45) is 5.92 Å². The van der Waals surface area contributed by atoms with Crippen LogP contribution in [-0.2, 0) is 16.1 Å². The van der Waals surface area contributed by atoms with Gasteiger partial charge in [0, 0.05) is 18.7 Å². The lowest BCUT2D eigenvalue weighted by Gasteiger charge is -2.33. The molecular formula is C15H20FNO3. The third kappa shape index (κ3) is 3.10. The lowest BCUT2D eigenvalue weighted by atomic mass is 9.96. The smallest absolute Gasteiger partial charge is 0.309 e. The maximum Gasteiger partial charge on any atom is 0.309 e. The first-order valence-electron chi connectivity index (χ1n) is 6.97. The van der Waals surface area contributed by atoms with E-state index in [1.165, 1.54) is 0 Å². The molecule has 0 saturated carbocycles. The summed E-state index contributed by atoms with van der Waals surface area (Å²) in [5.74, 6) is -0.614. The summed E-state index contributed by atoms with van der Waals surface area (Å²) in [6, 6.07) is 5.02. The number of aliphatic hydroxyl groups is 1. The normalized spacial score (nSPS) is 16.2. The standard InChI is InChI=1S/C15H20FNO3/c1-2-20-15(19)11-6-8-17(9-7-11)13-5-3-4-12(10-18)14(13)16/h3-5,11,18H,2,6-10H2,1H3. The van der Waals surface area contributed by atoms with Crippen LogP contribution in [0, 0.1) is 11.7 Å². The van der Waals surface area contributed by atoms with E-state index in [-0.39, 0.29) is 24.3 Å². The van der Waals surface area contributed by atoms with Crippen molar-refractivity contribution in [1.29, 1.82) is 0 Å². The quantitative estimate of drug-likeness (QED) is 0.859. The van der Waals surface area contributed by atoms with Crippen LogP contribution in [0.3, 0.4) is 0 Å². The van der Waals surface area contributed by atoms with Crippen molar-refractivity contribution < 1.29 is 19.0 Å². The summed E-state index contributed by atoms with van der Waals surface area (Å²) in [6.45, 7) is 3.12. The van der Waals surface area contributed by atoms with Gasteiger partial charge in [-0.1, -0.05) is 12.1 Å². The van der Waals surface area contributed by atoms with Crippen LogP contribution in [0.1, 0.15) is 25.3 Å². The minimum absolute atomic E-state index is 0.0877. The predicted molar refractivity (Wildman–Crippen MR) is 73.9 cm³/mol. The first-order valence-corrected chi connectivity index (χ1v) is 6.97. The van der Waals surface area contributed by atoms with Gasteiger partial charge in [0.2, 0.25) is 0 Å². The number of hydrogen-bond acceptors (Lipinski definition) is 4. The third-order valence-corrected chi connectivity index (χ3v) is 3.68. The maximum absolute atomic E-state index is 14.1. The third-order valence-electron chi connectivity index (χ3n) is 3.68. The number of benzene rings is 1. The zero-order valence-corrected chi connectivity index (χ0v) is 11.6. The molecule has 20 heavy (non-hydrogen) atoms. The van der Waals surface area contributed by atoms with E-state index in [1.807, 2.05) is 4.90 Å². The molecule has 0 atom stereocenters. The first kappa shape index (κ1) is 14.8. The van der Waals surface area contributed by atoms with Crippen LogP contribution in [0.25, 0.3) is 0 Å². The summed E-state index contributed by atoms with van der Waals surface area (Å²) in [5.41, 5.74) is 0.800. The van der Waals surface area contributed by atoms with Crippen LogP contribution >= 0.6 is 0 Å². The van der Waals surface area contributed by atoms with E-state index >= 15 is 0 Å². The Labute approximate surface area is 118 Å². The summed E-state index contributed by atoms with van der Waals surface area (Å²) in [6.07, 6.45) is 1.34. The molecule has 0 spiro atoms. The lowest BCUT2D eigenvalue weighted by Crippen LogP contribution is -2.37. The zero-order valence-electron chi connectivity index (χ0n) is 11.6. The summed E-state index contributed by atoms with van der Waals surface area (Å²) < 4.78 is 19.2. The van der Waals surface area contributed by atoms with Gasteiger partial charge >= 0.3 is 5.97 Å². The first-order chi connectivity index (χ1) is 9.67. The molecule has 1 aromatic rings. The van der Waals surface area contributed by atoms with Crippen LogP contribution in [0.15, 0.2) is 18.2 Å². The Morgan fingerprint density at radius 3 is 2.75 bits per heavy atom. The molecule has 0 amide bonds. The Bertz CT molecular complexity index is 470. The molecule has 4 nitrogen and oxygen atoms in total. The molecule has 1 aliphatic rings. The second-order valence-electron chi connectivity index (χ2n) is 4.92. The van der Waals surface area contributed by atoms with Crippen molar-refractivity contribution in [1.82, 2.24) is 0 Å². The van der Waals surface area contributed by atoms with Crippen LogP contribution < -0.4 is 4.90 Å². The highest BCUT2D eigenvalue weighted by Gasteiger charge is 2.27. The van der Waals surface area contributed by atoms with Crippen LogP contribution in [0.2, 0.25) is 0 Å². The Hall–Kier alpha value is -1.62. The van der Waals surface area contributed by atoms with Gasteiger partial charge in [0.05, 0.1) is 24.8 Å². The van der Waals surface area contributed by atoms with Crippen molar-refractivity contribution in [3.8, 4) is 0 Å². The Morgan fingerprint density at radius 1 is 1.45 bits per heavy atom. The zero-order chi connectivity index (χ0) is 14.5. The molecule has 0 unspecified atom stereocenters. The Morgan fingerprint density at radius 2 is 2.15 bits per heavy atom. The molecule has 2 rings (SSSR count). The van der Waals surface area contributed by atoms with Crippen molar-refractivity contribution in [2.75, 3.05) is 24.6 Å². The molecule has 5 heteroatoms. The topological polar surface area (TPSA) is 49.8 Å². The number of nitrogens with zero attached hydrogens (tertiary/aromatic N) is 1. The van der Waals surface area contributed by atoms with E-state index in [0.29, 0.717) is 43.8 Å². The largest absolute Gasteiger partial charge is 0.466 e. The van der Waals surface area contributed by atoms with Crippen LogP contribution in [0.5, 0.6) is 0 Å². The number of ether oxygens (including phenoxy) is 1. The number of hydrogen-bond donors (Lipinski definition) is 1. The van der Waals surface area contributed by atoms with Crippen molar-refractivity contribution >= 4 is 11.7 Å². The minimum Gasteiger partial charge on any atom is -0.466 e. The van der Waals surface area contributed by atoms with Crippen LogP contribution in [0.4, 0.5) is 10.1 Å². The van der Waals surface area contributed by atoms with Gasteiger partial charge in [-0.2, -0.15) is 0 Å². The minimum atomic E-state index is -0.371. The number of halogens is 1. The molecule has 1 aromatic carbocycles. The molecule has 0 radical (unpaired) electrons. The lowest BCUT2D eigenvalue weighted by molar-refractivity contribution is -0.148. The van der Waals surface area contributed by atoms with E-state index in [2.05, 4.69) is 0 Å². The van der Waals surface area contributed by atoms with E-state index in [0.717, 1.165) is 0 Å². The van der Waals surface area contributed by atoms with Gasteiger partial charge in [0.25, 0.3) is 0 Å². The summed E-state index contributed by atoms with van der Waals surface area (Å²) >= 11 is 0. The predicted octanol–water partition coefficient (Wildman–Crippen LogP) is 2.10. The van der Waals surface area contributed by atoms with Gasteiger partial charge < -0.3 is 14.7 Å². The molecule has 1 aliphatic heterocycles. The number of carbonyl (C=O) groups is 1. The number of esters is 1. The fourth-order valence-corrected chi connectivity index (χ4v) is 2.55. The molecule has 0 aliphatic carbocycles. The number of piperidine rings is 1. The van der Waals surface area contributed by atoms with Gasteiger partial charge in [0.1, 0.15) is 0 Å². The molecule has 110 valence electrons. The maximum atomic E-state index is 14.1. The highest BCUT2D eigenvalue weighted by Crippen LogP contribution is 2.27. The van der Waals surface area contributed by atoms with Gasteiger partial charge in [0.15, 0.2) is 5.82 Å². The number of aliphatic hydroxyl groups excluding tert-OH is 1. The van der Waals surface area contributed by atoms with E-state index in [4.69, 9.17) is 9.84 Å². The second kappa shape index (κ2) is 6.70. The molecule has 0 aromatic heterocycles. The van der Waals surface area contributed by atoms with Crippen LogP contribution in [-0.4, -0.2) is 30.8 Å².